The first-order valence-electron chi connectivity index (χ1n) is 7.37. The Morgan fingerprint density at radius 2 is 2.12 bits per heavy atom. The van der Waals surface area contributed by atoms with Crippen molar-refractivity contribution in [1.82, 2.24) is 5.43 Å². The molecule has 0 spiro atoms. The summed E-state index contributed by atoms with van der Waals surface area (Å²) in [4.78, 5) is 22.3. The van der Waals surface area contributed by atoms with Crippen LogP contribution in [0.3, 0.4) is 0 Å². The Morgan fingerprint density at radius 1 is 1.31 bits per heavy atom. The van der Waals surface area contributed by atoms with Crippen LogP contribution in [-0.4, -0.2) is 28.8 Å². The van der Waals surface area contributed by atoms with Gasteiger partial charge in [0, 0.05) is 29.4 Å². The average molecular weight is 371 g/mol. The van der Waals surface area contributed by atoms with Crippen molar-refractivity contribution < 1.29 is 14.5 Å². The monoisotopic (exact) mass is 371 g/mol. The number of fused-ring (bicyclic) bond motifs is 1. The number of carbonyl (C=O) groups is 1. The van der Waals surface area contributed by atoms with Crippen molar-refractivity contribution in [3.8, 4) is 5.75 Å². The second-order valence-electron chi connectivity index (χ2n) is 5.20. The second kappa shape index (κ2) is 7.15. The number of hydrazone groups is 1. The largest absolute Gasteiger partial charge is 0.497 e. The number of benzene rings is 2. The van der Waals surface area contributed by atoms with E-state index >= 15 is 0 Å². The van der Waals surface area contributed by atoms with Crippen LogP contribution in [0.25, 0.3) is 0 Å². The molecule has 0 fully saturated rings. The van der Waals surface area contributed by atoms with Gasteiger partial charge >= 0.3 is 0 Å². The van der Waals surface area contributed by atoms with E-state index in [4.69, 9.17) is 17.0 Å². The molecule has 0 aliphatic carbocycles. The van der Waals surface area contributed by atoms with Crippen LogP contribution in [0, 0.1) is 10.1 Å². The van der Waals surface area contributed by atoms with Gasteiger partial charge in [0.1, 0.15) is 5.75 Å². The lowest BCUT2D eigenvalue weighted by molar-refractivity contribution is -0.384. The Labute approximate surface area is 153 Å². The van der Waals surface area contributed by atoms with Crippen LogP contribution in [0.5, 0.6) is 5.75 Å². The molecule has 9 nitrogen and oxygen atoms in total. The maximum Gasteiger partial charge on any atom is 0.276 e. The molecular formula is C16H13N5O4S. The number of nitro groups is 1. The van der Waals surface area contributed by atoms with Crippen LogP contribution in [0.4, 0.5) is 17.1 Å². The van der Waals surface area contributed by atoms with Gasteiger partial charge in [0.15, 0.2) is 10.8 Å². The van der Waals surface area contributed by atoms with Gasteiger partial charge in [0.2, 0.25) is 0 Å². The van der Waals surface area contributed by atoms with Gasteiger partial charge in [-0.3, -0.25) is 20.3 Å². The highest BCUT2D eigenvalue weighted by molar-refractivity contribution is 7.80. The predicted octanol–water partition coefficient (Wildman–Crippen LogP) is 2.25. The molecule has 2 aromatic carbocycles. The number of amides is 1. The first-order valence-corrected chi connectivity index (χ1v) is 7.77. The minimum atomic E-state index is -0.504. The molecule has 0 bridgehead atoms. The fourth-order valence-corrected chi connectivity index (χ4v) is 2.50. The van der Waals surface area contributed by atoms with Crippen LogP contribution in [0.2, 0.25) is 0 Å². The standard InChI is InChI=1S/C16H13N5O4S/c1-25-11-5-6-12-13(8-11)18-15(22)14(12)19-20-16(26)17-9-3-2-4-10(7-9)21(23)24/h2-8H,1H3,(H2,17,20,26)(H,18,19,22). The zero-order chi connectivity index (χ0) is 18.7. The van der Waals surface area contributed by atoms with E-state index in [2.05, 4.69) is 21.2 Å². The molecule has 1 aliphatic heterocycles. The number of hydrogen-bond donors (Lipinski definition) is 3. The van der Waals surface area contributed by atoms with Crippen molar-refractivity contribution in [2.24, 2.45) is 5.10 Å². The number of nitro benzene ring substituents is 1. The summed E-state index contributed by atoms with van der Waals surface area (Å²) in [6.07, 6.45) is 0. The Balaban J connectivity index is 1.72. The van der Waals surface area contributed by atoms with Crippen LogP contribution in [-0.2, 0) is 4.79 Å². The van der Waals surface area contributed by atoms with Crippen molar-refractivity contribution >= 4 is 46.0 Å². The van der Waals surface area contributed by atoms with Gasteiger partial charge in [-0.15, -0.1) is 0 Å². The van der Waals surface area contributed by atoms with E-state index in [0.717, 1.165) is 0 Å². The highest BCUT2D eigenvalue weighted by atomic mass is 32.1. The fourth-order valence-electron chi connectivity index (χ4n) is 2.34. The van der Waals surface area contributed by atoms with Crippen molar-refractivity contribution in [2.45, 2.75) is 0 Å². The third kappa shape index (κ3) is 3.59. The van der Waals surface area contributed by atoms with Gasteiger partial charge in [-0.1, -0.05) is 6.07 Å². The summed E-state index contributed by atoms with van der Waals surface area (Å²) < 4.78 is 5.12. The minimum absolute atomic E-state index is 0.0674. The van der Waals surface area contributed by atoms with Gasteiger partial charge in [0.25, 0.3) is 11.6 Å². The van der Waals surface area contributed by atoms with E-state index < -0.39 is 4.92 Å². The van der Waals surface area contributed by atoms with E-state index in [1.165, 1.54) is 25.3 Å². The zero-order valence-corrected chi connectivity index (χ0v) is 14.3. The maximum atomic E-state index is 12.1. The molecule has 1 heterocycles. The normalized spacial score (nSPS) is 13.7. The third-order valence-corrected chi connectivity index (χ3v) is 3.72. The van der Waals surface area contributed by atoms with E-state index in [1.807, 2.05) is 0 Å². The van der Waals surface area contributed by atoms with Crippen LogP contribution < -0.4 is 20.8 Å². The number of nitrogens with zero attached hydrogens (tertiary/aromatic N) is 2. The number of anilines is 2. The highest BCUT2D eigenvalue weighted by Crippen LogP contribution is 2.27. The molecule has 10 heteroatoms. The molecule has 3 N–H and O–H groups in total. The number of rotatable bonds is 4. The highest BCUT2D eigenvalue weighted by Gasteiger charge is 2.26. The van der Waals surface area contributed by atoms with Crippen molar-refractivity contribution in [3.63, 3.8) is 0 Å². The Kier molecular flexibility index (Phi) is 4.76. The lowest BCUT2D eigenvalue weighted by Crippen LogP contribution is -2.27. The van der Waals surface area contributed by atoms with Gasteiger partial charge < -0.3 is 15.4 Å². The van der Waals surface area contributed by atoms with Crippen molar-refractivity contribution in [1.29, 1.82) is 0 Å². The summed E-state index contributed by atoms with van der Waals surface area (Å²) in [5, 5.41) is 20.4. The summed E-state index contributed by atoms with van der Waals surface area (Å²) in [5.74, 6) is 0.236. The smallest absolute Gasteiger partial charge is 0.276 e. The molecule has 0 aromatic heterocycles. The molecule has 0 saturated heterocycles. The van der Waals surface area contributed by atoms with E-state index in [1.54, 1.807) is 24.3 Å². The number of nitrogens with one attached hydrogen (secondary N) is 3. The fraction of sp³-hybridized carbons (Fsp3) is 0.0625. The number of non-ortho nitro benzene ring substituents is 1. The third-order valence-electron chi connectivity index (χ3n) is 3.53. The van der Waals surface area contributed by atoms with Gasteiger partial charge in [0.05, 0.1) is 17.7 Å². The number of carbonyl (C=O) groups excluding carboxylic acids is 1. The summed E-state index contributed by atoms with van der Waals surface area (Å²) in [7, 11) is 1.53. The molecule has 0 radical (unpaired) electrons. The van der Waals surface area contributed by atoms with Crippen LogP contribution >= 0.6 is 12.2 Å². The molecule has 1 amide bonds. The minimum Gasteiger partial charge on any atom is -0.497 e. The predicted molar refractivity (Wildman–Crippen MR) is 101 cm³/mol. The summed E-state index contributed by atoms with van der Waals surface area (Å²) >= 11 is 5.11. The molecule has 1 aliphatic rings. The number of hydrogen-bond acceptors (Lipinski definition) is 6. The van der Waals surface area contributed by atoms with Crippen LogP contribution in [0.1, 0.15) is 5.56 Å². The van der Waals surface area contributed by atoms with Gasteiger partial charge in [-0.2, -0.15) is 5.10 Å². The Bertz CT molecular complexity index is 944. The zero-order valence-electron chi connectivity index (χ0n) is 13.5. The maximum absolute atomic E-state index is 12.1. The Hall–Kier alpha value is -3.53. The lowest BCUT2D eigenvalue weighted by Gasteiger charge is -2.07. The topological polar surface area (TPSA) is 118 Å². The summed E-state index contributed by atoms with van der Waals surface area (Å²) in [6.45, 7) is 0. The number of methoxy groups -OCH3 is 1. The SMILES string of the molecule is COc1ccc2c(c1)NC(=O)/C2=N\NC(=S)Nc1cccc([N+](=O)[O-])c1. The molecule has 0 unspecified atom stereocenters. The van der Waals surface area contributed by atoms with Gasteiger partial charge in [-0.25, -0.2) is 0 Å². The van der Waals surface area contributed by atoms with Crippen LogP contribution in [0.15, 0.2) is 47.6 Å². The number of ether oxygens (including phenoxy) is 1. The number of thiocarbonyl (C=S) groups is 1. The lowest BCUT2D eigenvalue weighted by atomic mass is 10.1. The van der Waals surface area contributed by atoms with E-state index in [-0.39, 0.29) is 22.4 Å². The van der Waals surface area contributed by atoms with E-state index in [9.17, 15) is 14.9 Å². The van der Waals surface area contributed by atoms with Gasteiger partial charge in [-0.05, 0) is 30.4 Å². The van der Waals surface area contributed by atoms with Crippen molar-refractivity contribution in [2.75, 3.05) is 17.7 Å². The molecule has 0 atom stereocenters. The Morgan fingerprint density at radius 3 is 2.85 bits per heavy atom. The summed E-state index contributed by atoms with van der Waals surface area (Å²) in [6, 6.07) is 11.0. The summed E-state index contributed by atoms with van der Waals surface area (Å²) in [5.41, 5.74) is 4.30. The molecule has 3 rings (SSSR count). The second-order valence-corrected chi connectivity index (χ2v) is 5.61. The molecule has 2 aromatic rings. The first-order chi connectivity index (χ1) is 12.5. The van der Waals surface area contributed by atoms with Crippen molar-refractivity contribution in [3.05, 3.63) is 58.1 Å². The molecule has 132 valence electrons. The average Bonchev–Trinajstić information content (AvgIpc) is 2.94. The first kappa shape index (κ1) is 17.3. The molecule has 26 heavy (non-hydrogen) atoms. The van der Waals surface area contributed by atoms with E-state index in [0.29, 0.717) is 22.7 Å². The molecule has 0 saturated carbocycles. The molecular weight excluding hydrogens is 358 g/mol. The quantitative estimate of drug-likeness (QED) is 0.428.